The molecule has 0 spiro atoms. The fourth-order valence-electron chi connectivity index (χ4n) is 4.70. The lowest BCUT2D eigenvalue weighted by atomic mass is 9.70. The van der Waals surface area contributed by atoms with Crippen molar-refractivity contribution in [3.8, 4) is 0 Å². The first kappa shape index (κ1) is 13.9. The summed E-state index contributed by atoms with van der Waals surface area (Å²) in [6.07, 6.45) is 2.45. The first-order chi connectivity index (χ1) is 11.5. The highest BCUT2D eigenvalue weighted by Gasteiger charge is 2.51. The number of carbonyl (C=O) groups excluding carboxylic acids is 4. The molecular weight excluding hydrogens is 312 g/mol. The summed E-state index contributed by atoms with van der Waals surface area (Å²) < 4.78 is 9.63. The minimum absolute atomic E-state index is 0.391. The Labute approximate surface area is 137 Å². The van der Waals surface area contributed by atoms with Gasteiger partial charge in [0.25, 0.3) is 0 Å². The molecule has 6 heteroatoms. The quantitative estimate of drug-likeness (QED) is 0.525. The Bertz CT molecular complexity index is 768. The maximum absolute atomic E-state index is 12.1. The Hall–Kier alpha value is -2.50. The summed E-state index contributed by atoms with van der Waals surface area (Å²) in [5.41, 5.74) is 3.62. The lowest BCUT2D eigenvalue weighted by Gasteiger charge is -2.29. The van der Waals surface area contributed by atoms with E-state index in [0.717, 1.165) is 22.3 Å². The maximum Gasteiger partial charge on any atom is 0.321 e. The highest BCUT2D eigenvalue weighted by atomic mass is 16.6. The van der Waals surface area contributed by atoms with Crippen molar-refractivity contribution in [2.45, 2.75) is 37.5 Å². The van der Waals surface area contributed by atoms with Crippen molar-refractivity contribution in [3.63, 3.8) is 0 Å². The van der Waals surface area contributed by atoms with E-state index in [1.807, 2.05) is 12.1 Å². The highest BCUT2D eigenvalue weighted by Crippen LogP contribution is 2.47. The van der Waals surface area contributed by atoms with E-state index >= 15 is 0 Å². The molecule has 4 aliphatic rings. The topological polar surface area (TPSA) is 86.7 Å². The van der Waals surface area contributed by atoms with E-state index in [1.54, 1.807) is 0 Å². The van der Waals surface area contributed by atoms with E-state index in [2.05, 4.69) is 0 Å². The van der Waals surface area contributed by atoms with Gasteiger partial charge in [-0.25, -0.2) is 0 Å². The van der Waals surface area contributed by atoms with Crippen molar-refractivity contribution in [2.75, 3.05) is 0 Å². The second kappa shape index (κ2) is 4.53. The van der Waals surface area contributed by atoms with Gasteiger partial charge in [0.05, 0.1) is 23.7 Å². The number of cyclic esters (lactones) is 4. The molecule has 0 amide bonds. The number of aryl methyl sites for hydroxylation is 2. The highest BCUT2D eigenvalue weighted by molar-refractivity contribution is 6.01. The zero-order valence-electron chi connectivity index (χ0n) is 12.7. The Morgan fingerprint density at radius 2 is 1.08 bits per heavy atom. The molecule has 5 rings (SSSR count). The van der Waals surface area contributed by atoms with Crippen LogP contribution in [0.15, 0.2) is 12.1 Å². The number of ether oxygens (including phenoxy) is 2. The van der Waals surface area contributed by atoms with E-state index in [9.17, 15) is 19.2 Å². The predicted octanol–water partition coefficient (Wildman–Crippen LogP) is 1.15. The molecule has 2 aliphatic carbocycles. The van der Waals surface area contributed by atoms with Crippen LogP contribution in [-0.4, -0.2) is 23.9 Å². The standard InChI is InChI=1S/C18H14O6/c19-15-9-3-1-7-5-12-8(6-11(7)13(9)17(21)23-15)2-4-10-14(12)18(22)24-16(10)20/h5-6,9-10,13-14H,1-4H2. The third-order valence-electron chi connectivity index (χ3n) is 5.84. The van der Waals surface area contributed by atoms with Crippen molar-refractivity contribution in [3.05, 3.63) is 34.4 Å². The Morgan fingerprint density at radius 1 is 0.667 bits per heavy atom. The molecule has 1 aromatic rings. The van der Waals surface area contributed by atoms with Crippen LogP contribution in [0.5, 0.6) is 0 Å². The van der Waals surface area contributed by atoms with Crippen LogP contribution >= 0.6 is 0 Å². The van der Waals surface area contributed by atoms with Crippen LogP contribution in [0.3, 0.4) is 0 Å². The second-order valence-electron chi connectivity index (χ2n) is 6.98. The van der Waals surface area contributed by atoms with E-state index in [-0.39, 0.29) is 0 Å². The predicted molar refractivity (Wildman–Crippen MR) is 77.7 cm³/mol. The van der Waals surface area contributed by atoms with Gasteiger partial charge < -0.3 is 9.47 Å². The largest absolute Gasteiger partial charge is 0.392 e. The Kier molecular flexibility index (Phi) is 2.62. The normalized spacial score (nSPS) is 33.3. The molecule has 2 heterocycles. The summed E-state index contributed by atoms with van der Waals surface area (Å²) in [5, 5.41) is 0. The van der Waals surface area contributed by atoms with Gasteiger partial charge in [-0.05, 0) is 47.9 Å². The molecule has 4 atom stereocenters. The second-order valence-corrected chi connectivity index (χ2v) is 6.98. The smallest absolute Gasteiger partial charge is 0.321 e. The molecule has 4 unspecified atom stereocenters. The van der Waals surface area contributed by atoms with Crippen molar-refractivity contribution in [1.82, 2.24) is 0 Å². The van der Waals surface area contributed by atoms with Crippen LogP contribution in [0.1, 0.15) is 46.9 Å². The molecule has 2 aliphatic heterocycles. The molecule has 1 aromatic carbocycles. The molecule has 0 N–H and O–H groups in total. The Balaban J connectivity index is 1.64. The van der Waals surface area contributed by atoms with E-state index in [4.69, 9.17) is 9.47 Å². The number of hydrogen-bond donors (Lipinski definition) is 0. The van der Waals surface area contributed by atoms with Gasteiger partial charge in [0.1, 0.15) is 0 Å². The van der Waals surface area contributed by atoms with Gasteiger partial charge in [0.15, 0.2) is 0 Å². The first-order valence-corrected chi connectivity index (χ1v) is 8.21. The van der Waals surface area contributed by atoms with Gasteiger partial charge in [-0.15, -0.1) is 0 Å². The minimum atomic E-state index is -0.526. The molecule has 0 aromatic heterocycles. The van der Waals surface area contributed by atoms with Crippen molar-refractivity contribution in [1.29, 1.82) is 0 Å². The number of rotatable bonds is 0. The van der Waals surface area contributed by atoms with Crippen LogP contribution in [0, 0.1) is 11.8 Å². The summed E-state index contributed by atoms with van der Waals surface area (Å²) in [5.74, 6) is -3.65. The van der Waals surface area contributed by atoms with E-state index < -0.39 is 47.5 Å². The average molecular weight is 326 g/mol. The van der Waals surface area contributed by atoms with Crippen molar-refractivity contribution >= 4 is 23.9 Å². The molecule has 0 bridgehead atoms. The number of hydrogen-bond acceptors (Lipinski definition) is 6. The zero-order chi connectivity index (χ0) is 16.6. The monoisotopic (exact) mass is 326 g/mol. The fourth-order valence-corrected chi connectivity index (χ4v) is 4.70. The molecular formula is C18H14O6. The summed E-state index contributed by atoms with van der Waals surface area (Å²) in [6, 6.07) is 3.88. The van der Waals surface area contributed by atoms with E-state index in [1.165, 1.54) is 0 Å². The first-order valence-electron chi connectivity index (χ1n) is 8.21. The van der Waals surface area contributed by atoms with E-state index in [0.29, 0.717) is 25.7 Å². The zero-order valence-corrected chi connectivity index (χ0v) is 12.7. The average Bonchev–Trinajstić information content (AvgIpc) is 3.02. The summed E-state index contributed by atoms with van der Waals surface area (Å²) in [4.78, 5) is 47.7. The molecule has 24 heavy (non-hydrogen) atoms. The van der Waals surface area contributed by atoms with Gasteiger partial charge in [-0.3, -0.25) is 19.2 Å². The minimum Gasteiger partial charge on any atom is -0.392 e. The number of carbonyl (C=O) groups is 4. The molecule has 0 saturated carbocycles. The molecule has 2 saturated heterocycles. The summed E-state index contributed by atoms with van der Waals surface area (Å²) >= 11 is 0. The number of fused-ring (bicyclic) bond motifs is 6. The van der Waals surface area contributed by atoms with Crippen LogP contribution in [0.25, 0.3) is 0 Å². The Morgan fingerprint density at radius 3 is 1.50 bits per heavy atom. The van der Waals surface area contributed by atoms with Crippen LogP contribution < -0.4 is 0 Å². The van der Waals surface area contributed by atoms with Crippen LogP contribution in [0.2, 0.25) is 0 Å². The lowest BCUT2D eigenvalue weighted by molar-refractivity contribution is -0.155. The SMILES string of the molecule is O=C1OC(=O)C2c3cc4c(cc3CCC12)C1C(=O)OC(=O)C1CC4. The number of benzene rings is 1. The van der Waals surface area contributed by atoms with Crippen LogP contribution in [-0.2, 0) is 41.5 Å². The molecule has 0 radical (unpaired) electrons. The summed E-state index contributed by atoms with van der Waals surface area (Å²) in [6.45, 7) is 0. The maximum atomic E-state index is 12.1. The van der Waals surface area contributed by atoms with Crippen molar-refractivity contribution < 1.29 is 28.7 Å². The van der Waals surface area contributed by atoms with Gasteiger partial charge in [-0.2, -0.15) is 0 Å². The third kappa shape index (κ3) is 1.66. The van der Waals surface area contributed by atoms with Gasteiger partial charge >= 0.3 is 23.9 Å². The van der Waals surface area contributed by atoms with Gasteiger partial charge in [0, 0.05) is 0 Å². The van der Waals surface area contributed by atoms with Crippen LogP contribution in [0.4, 0.5) is 0 Å². The molecule has 122 valence electrons. The molecule has 2 fully saturated rings. The third-order valence-corrected chi connectivity index (χ3v) is 5.84. The number of esters is 4. The fraction of sp³-hybridized carbons (Fsp3) is 0.444. The molecule has 6 nitrogen and oxygen atoms in total. The van der Waals surface area contributed by atoms with Gasteiger partial charge in [0.2, 0.25) is 0 Å². The van der Waals surface area contributed by atoms with Crippen molar-refractivity contribution in [2.24, 2.45) is 11.8 Å². The van der Waals surface area contributed by atoms with Gasteiger partial charge in [-0.1, -0.05) is 12.1 Å². The summed E-state index contributed by atoms with van der Waals surface area (Å²) in [7, 11) is 0. The lowest BCUT2D eigenvalue weighted by Crippen LogP contribution is -2.27.